The lowest BCUT2D eigenvalue weighted by Gasteiger charge is -2.37. The van der Waals surface area contributed by atoms with E-state index in [4.69, 9.17) is 14.9 Å². The molecular formula is C15H26FN3O4Si. The van der Waals surface area contributed by atoms with E-state index in [0.717, 1.165) is 4.57 Å². The van der Waals surface area contributed by atoms with Crippen LogP contribution in [0.2, 0.25) is 18.1 Å². The Hall–Kier alpha value is -1.29. The van der Waals surface area contributed by atoms with Crippen LogP contribution in [-0.4, -0.2) is 48.0 Å². The zero-order valence-electron chi connectivity index (χ0n) is 14.7. The van der Waals surface area contributed by atoms with Gasteiger partial charge in [-0.3, -0.25) is 4.57 Å². The molecule has 0 saturated carbocycles. The highest BCUT2D eigenvalue weighted by molar-refractivity contribution is 6.74. The van der Waals surface area contributed by atoms with Crippen LogP contribution in [0.5, 0.6) is 0 Å². The Morgan fingerprint density at radius 1 is 1.50 bits per heavy atom. The van der Waals surface area contributed by atoms with Crippen LogP contribution in [0.25, 0.3) is 0 Å². The number of nitrogens with two attached hydrogens (primary N) is 1. The lowest BCUT2D eigenvalue weighted by atomic mass is 10.1. The highest BCUT2D eigenvalue weighted by atomic mass is 28.4. The third-order valence-corrected chi connectivity index (χ3v) is 9.33. The Labute approximate surface area is 141 Å². The lowest BCUT2D eigenvalue weighted by molar-refractivity contribution is -0.0466. The molecule has 0 amide bonds. The Morgan fingerprint density at radius 3 is 2.67 bits per heavy atom. The molecule has 0 aromatic carbocycles. The van der Waals surface area contributed by atoms with Crippen LogP contribution in [0.1, 0.15) is 27.0 Å². The molecule has 136 valence electrons. The number of aliphatic hydroxyl groups is 1. The number of aromatic nitrogens is 2. The van der Waals surface area contributed by atoms with E-state index in [2.05, 4.69) is 38.8 Å². The molecule has 1 aliphatic rings. The molecule has 9 heteroatoms. The second-order valence-corrected chi connectivity index (χ2v) is 12.4. The fourth-order valence-corrected chi connectivity index (χ4v) is 3.21. The molecule has 3 N–H and O–H groups in total. The summed E-state index contributed by atoms with van der Waals surface area (Å²) < 4.78 is 27.0. The van der Waals surface area contributed by atoms with Gasteiger partial charge in [0.15, 0.2) is 20.7 Å². The molecule has 0 bridgehead atoms. The Kier molecular flexibility index (Phi) is 5.19. The highest BCUT2D eigenvalue weighted by Crippen LogP contribution is 2.38. The van der Waals surface area contributed by atoms with Gasteiger partial charge in [-0.15, -0.1) is 0 Å². The van der Waals surface area contributed by atoms with Crippen molar-refractivity contribution in [3.05, 3.63) is 22.7 Å². The van der Waals surface area contributed by atoms with Crippen LogP contribution in [-0.2, 0) is 9.16 Å². The molecule has 2 unspecified atom stereocenters. The van der Waals surface area contributed by atoms with Gasteiger partial charge in [0.2, 0.25) is 0 Å². The summed E-state index contributed by atoms with van der Waals surface area (Å²) in [6.45, 7) is 10.5. The van der Waals surface area contributed by atoms with Crippen molar-refractivity contribution in [2.24, 2.45) is 0 Å². The van der Waals surface area contributed by atoms with Gasteiger partial charge in [0.1, 0.15) is 18.0 Å². The van der Waals surface area contributed by atoms with Gasteiger partial charge >= 0.3 is 5.69 Å². The number of hydrogen-bond donors (Lipinski definition) is 2. The topological polar surface area (TPSA) is 99.6 Å². The van der Waals surface area contributed by atoms with Gasteiger partial charge in [0.25, 0.3) is 0 Å². The van der Waals surface area contributed by atoms with Crippen molar-refractivity contribution in [2.75, 3.05) is 12.3 Å². The average molecular weight is 359 g/mol. The van der Waals surface area contributed by atoms with Gasteiger partial charge < -0.3 is 20.0 Å². The minimum Gasteiger partial charge on any atom is -0.414 e. The molecule has 1 aromatic heterocycles. The summed E-state index contributed by atoms with van der Waals surface area (Å²) in [4.78, 5) is 15.4. The zero-order chi connectivity index (χ0) is 18.3. The maximum absolute atomic E-state index is 14.4. The molecule has 1 fully saturated rings. The van der Waals surface area contributed by atoms with Crippen LogP contribution in [0.15, 0.2) is 17.1 Å². The number of nitrogen functional groups attached to an aromatic ring is 1. The van der Waals surface area contributed by atoms with Crippen LogP contribution >= 0.6 is 0 Å². The fraction of sp³-hybridized carbons (Fsp3) is 0.733. The van der Waals surface area contributed by atoms with Crippen molar-refractivity contribution >= 4 is 14.1 Å². The Bertz CT molecular complexity index is 646. The van der Waals surface area contributed by atoms with Crippen molar-refractivity contribution in [2.45, 2.75) is 63.5 Å². The van der Waals surface area contributed by atoms with E-state index in [1.807, 2.05) is 0 Å². The quantitative estimate of drug-likeness (QED) is 0.789. The largest absolute Gasteiger partial charge is 0.414 e. The average Bonchev–Trinajstić information content (AvgIpc) is 2.72. The number of aliphatic hydroxyl groups excluding tert-OH is 1. The molecule has 7 nitrogen and oxygen atoms in total. The molecule has 0 radical (unpaired) electrons. The molecular weight excluding hydrogens is 333 g/mol. The molecule has 0 spiro atoms. The van der Waals surface area contributed by atoms with Crippen molar-refractivity contribution < 1.29 is 18.7 Å². The van der Waals surface area contributed by atoms with E-state index in [0.29, 0.717) is 0 Å². The highest BCUT2D eigenvalue weighted by Gasteiger charge is 2.47. The summed E-state index contributed by atoms with van der Waals surface area (Å²) in [7, 11) is -2.05. The monoisotopic (exact) mass is 359 g/mol. The van der Waals surface area contributed by atoms with E-state index in [1.54, 1.807) is 0 Å². The van der Waals surface area contributed by atoms with Crippen molar-refractivity contribution in [1.29, 1.82) is 0 Å². The van der Waals surface area contributed by atoms with Gasteiger partial charge in [0.05, 0.1) is 6.61 Å². The summed E-state index contributed by atoms with van der Waals surface area (Å²) in [5.41, 5.74) is 4.71. The predicted molar refractivity (Wildman–Crippen MR) is 90.9 cm³/mol. The van der Waals surface area contributed by atoms with E-state index in [1.165, 1.54) is 12.3 Å². The maximum Gasteiger partial charge on any atom is 0.351 e. The van der Waals surface area contributed by atoms with Crippen molar-refractivity contribution in [3.63, 3.8) is 0 Å². The number of anilines is 1. The van der Waals surface area contributed by atoms with Crippen molar-refractivity contribution in [3.8, 4) is 0 Å². The van der Waals surface area contributed by atoms with E-state index < -0.39 is 38.6 Å². The fourth-order valence-electron chi connectivity index (χ4n) is 2.19. The predicted octanol–water partition coefficient (Wildman–Crippen LogP) is 1.44. The maximum atomic E-state index is 14.4. The number of ether oxygens (including phenoxy) is 1. The Balaban J connectivity index is 2.12. The van der Waals surface area contributed by atoms with E-state index in [-0.39, 0.29) is 17.5 Å². The standard InChI is InChI=1S/C15H26FN3O4Si/c1-15(2,3)24(4,5)22-8-9-12(20)11(16)13(23-9)19-7-6-10(17)18-14(19)21/h6-7,9,11-13,20H,8H2,1-5H3,(H2,17,18,21)/t9-,11?,12?,13-/m1/s1. The second kappa shape index (κ2) is 6.55. The third-order valence-electron chi connectivity index (χ3n) is 4.83. The van der Waals surface area contributed by atoms with E-state index in [9.17, 15) is 14.3 Å². The first-order valence-corrected chi connectivity index (χ1v) is 10.8. The minimum absolute atomic E-state index is 0.0110. The van der Waals surface area contributed by atoms with Gasteiger partial charge in [-0.1, -0.05) is 20.8 Å². The summed E-state index contributed by atoms with van der Waals surface area (Å²) in [6, 6.07) is 1.38. The molecule has 2 heterocycles. The molecule has 24 heavy (non-hydrogen) atoms. The number of halogens is 1. The number of rotatable bonds is 4. The van der Waals surface area contributed by atoms with Gasteiger partial charge in [-0.25, -0.2) is 9.18 Å². The Morgan fingerprint density at radius 2 is 2.12 bits per heavy atom. The van der Waals surface area contributed by atoms with Gasteiger partial charge in [0, 0.05) is 6.20 Å². The number of nitrogens with zero attached hydrogens (tertiary/aromatic N) is 2. The summed E-state index contributed by atoms with van der Waals surface area (Å²) >= 11 is 0. The van der Waals surface area contributed by atoms with Crippen LogP contribution in [0, 0.1) is 0 Å². The first-order chi connectivity index (χ1) is 10.9. The molecule has 1 aromatic rings. The van der Waals surface area contributed by atoms with Gasteiger partial charge in [-0.05, 0) is 24.2 Å². The molecule has 0 aliphatic carbocycles. The summed E-state index contributed by atoms with van der Waals surface area (Å²) in [5.74, 6) is 0.0445. The molecule has 4 atom stereocenters. The van der Waals surface area contributed by atoms with Crippen LogP contribution < -0.4 is 11.4 Å². The lowest BCUT2D eigenvalue weighted by Crippen LogP contribution is -2.44. The number of hydrogen-bond acceptors (Lipinski definition) is 6. The third kappa shape index (κ3) is 3.69. The normalized spacial score (nSPS) is 28.3. The van der Waals surface area contributed by atoms with Gasteiger partial charge in [-0.2, -0.15) is 4.98 Å². The first-order valence-electron chi connectivity index (χ1n) is 7.90. The second-order valence-electron chi connectivity index (χ2n) is 7.61. The van der Waals surface area contributed by atoms with E-state index >= 15 is 0 Å². The number of alkyl halides is 1. The molecule has 2 rings (SSSR count). The minimum atomic E-state index is -2.05. The first kappa shape index (κ1) is 19.0. The summed E-state index contributed by atoms with van der Waals surface area (Å²) in [6.07, 6.45) is -3.89. The molecule has 1 saturated heterocycles. The zero-order valence-corrected chi connectivity index (χ0v) is 15.7. The van der Waals surface area contributed by atoms with Crippen LogP contribution in [0.4, 0.5) is 10.2 Å². The molecule has 1 aliphatic heterocycles. The summed E-state index contributed by atoms with van der Waals surface area (Å²) in [5, 5.41) is 10.1. The SMILES string of the molecule is CC(C)(C)[Si](C)(C)OC[C@H]1O[C@@H](n2ccc(N)nc2=O)C(F)C1O. The van der Waals surface area contributed by atoms with Crippen LogP contribution in [0.3, 0.4) is 0 Å². The smallest absolute Gasteiger partial charge is 0.351 e. The van der Waals surface area contributed by atoms with Crippen molar-refractivity contribution in [1.82, 2.24) is 9.55 Å².